The third-order valence-corrected chi connectivity index (χ3v) is 7.40. The van der Waals surface area contributed by atoms with E-state index >= 15 is 0 Å². The molecule has 0 aromatic carbocycles. The van der Waals surface area contributed by atoms with E-state index in [1.165, 1.54) is 161 Å². The molecule has 0 aromatic rings. The Kier molecular flexibility index (Phi) is 34.0. The molecular formula is C37H68. The maximum absolute atomic E-state index is 2.39. The predicted octanol–water partition coefficient (Wildman–Crippen LogP) is 13.8. The molecule has 0 heteroatoms. The van der Waals surface area contributed by atoms with Crippen LogP contribution in [0.2, 0.25) is 0 Å². The van der Waals surface area contributed by atoms with Crippen LogP contribution < -0.4 is 0 Å². The Morgan fingerprint density at radius 2 is 0.459 bits per heavy atom. The average molecular weight is 513 g/mol. The third kappa shape index (κ3) is 35.0. The van der Waals surface area contributed by atoms with Gasteiger partial charge in [0.05, 0.1) is 0 Å². The molecule has 0 N–H and O–H groups in total. The molecule has 0 aliphatic carbocycles. The van der Waals surface area contributed by atoms with Crippen molar-refractivity contribution < 1.29 is 0 Å². The Balaban J connectivity index is 3.16. The van der Waals surface area contributed by atoms with Crippen LogP contribution in [0.4, 0.5) is 0 Å². The SMILES string of the molecule is CCCCC/C=C\C/C=C\CCCCCCCCCCCCCCCCC/C=C\C/C=C\CCCCC. The molecule has 0 bridgehead atoms. The minimum atomic E-state index is 1.13. The minimum Gasteiger partial charge on any atom is -0.0882 e. The quantitative estimate of drug-likeness (QED) is 0.0663. The normalized spacial score (nSPS) is 12.4. The molecular weight excluding hydrogens is 444 g/mol. The average Bonchev–Trinajstić information content (AvgIpc) is 2.91. The lowest BCUT2D eigenvalue weighted by Gasteiger charge is -2.03. The molecule has 0 atom stereocenters. The van der Waals surface area contributed by atoms with Crippen molar-refractivity contribution in [2.45, 2.75) is 187 Å². The van der Waals surface area contributed by atoms with E-state index in [0.29, 0.717) is 0 Å². The maximum Gasteiger partial charge on any atom is -0.0169 e. The lowest BCUT2D eigenvalue weighted by molar-refractivity contribution is 0.531. The standard InChI is InChI=1S/C37H68/c1-3-5-7-9-11-13-15-17-19-21-23-25-27-29-31-33-35-37-36-34-32-30-28-26-24-22-20-18-16-14-12-10-8-6-4-2/h11-14,17-20H,3-10,15-16,21-37H2,1-2H3/b13-11-,14-12-,19-17-,20-18-. The van der Waals surface area contributed by atoms with Gasteiger partial charge in [0.25, 0.3) is 0 Å². The lowest BCUT2D eigenvalue weighted by Crippen LogP contribution is -1.83. The van der Waals surface area contributed by atoms with Crippen LogP contribution in [0, 0.1) is 0 Å². The van der Waals surface area contributed by atoms with Gasteiger partial charge in [-0.25, -0.2) is 0 Å². The van der Waals surface area contributed by atoms with Crippen LogP contribution in [-0.4, -0.2) is 0 Å². The molecule has 0 amide bonds. The Hall–Kier alpha value is -1.04. The van der Waals surface area contributed by atoms with Crippen molar-refractivity contribution in [3.8, 4) is 0 Å². The first kappa shape index (κ1) is 36.0. The van der Waals surface area contributed by atoms with Gasteiger partial charge < -0.3 is 0 Å². The molecule has 0 aromatic heterocycles. The summed E-state index contributed by atoms with van der Waals surface area (Å²) < 4.78 is 0. The van der Waals surface area contributed by atoms with E-state index in [9.17, 15) is 0 Å². The van der Waals surface area contributed by atoms with Gasteiger partial charge in [0.15, 0.2) is 0 Å². The van der Waals surface area contributed by atoms with Crippen molar-refractivity contribution in [3.05, 3.63) is 48.6 Å². The maximum atomic E-state index is 2.39. The van der Waals surface area contributed by atoms with E-state index in [1.54, 1.807) is 0 Å². The predicted molar refractivity (Wildman–Crippen MR) is 173 cm³/mol. The molecule has 0 aliphatic rings. The Morgan fingerprint density at radius 1 is 0.243 bits per heavy atom. The zero-order chi connectivity index (χ0) is 26.7. The van der Waals surface area contributed by atoms with E-state index in [2.05, 4.69) is 62.5 Å². The highest BCUT2D eigenvalue weighted by molar-refractivity contribution is 4.93. The zero-order valence-corrected chi connectivity index (χ0v) is 25.7. The van der Waals surface area contributed by atoms with Crippen molar-refractivity contribution in [1.29, 1.82) is 0 Å². The van der Waals surface area contributed by atoms with Crippen LogP contribution in [0.15, 0.2) is 48.6 Å². The van der Waals surface area contributed by atoms with E-state index in [-0.39, 0.29) is 0 Å². The first-order chi connectivity index (χ1) is 18.4. The molecule has 0 heterocycles. The molecule has 0 nitrogen and oxygen atoms in total. The largest absolute Gasteiger partial charge is 0.0882 e. The Morgan fingerprint density at radius 3 is 0.703 bits per heavy atom. The van der Waals surface area contributed by atoms with Crippen molar-refractivity contribution in [2.75, 3.05) is 0 Å². The molecule has 0 radical (unpaired) electrons. The summed E-state index contributed by atoms with van der Waals surface area (Å²) in [6.45, 7) is 4.54. The van der Waals surface area contributed by atoms with Crippen LogP contribution in [0.3, 0.4) is 0 Å². The molecule has 216 valence electrons. The highest BCUT2D eigenvalue weighted by atomic mass is 14.0. The molecule has 0 fully saturated rings. The van der Waals surface area contributed by atoms with E-state index < -0.39 is 0 Å². The van der Waals surface area contributed by atoms with Gasteiger partial charge in [-0.3, -0.25) is 0 Å². The van der Waals surface area contributed by atoms with Gasteiger partial charge in [0.1, 0.15) is 0 Å². The van der Waals surface area contributed by atoms with Gasteiger partial charge in [0, 0.05) is 0 Å². The second-order valence-corrected chi connectivity index (χ2v) is 11.2. The summed E-state index contributed by atoms with van der Waals surface area (Å²) in [4.78, 5) is 0. The monoisotopic (exact) mass is 513 g/mol. The van der Waals surface area contributed by atoms with Gasteiger partial charge >= 0.3 is 0 Å². The summed E-state index contributed by atoms with van der Waals surface area (Å²) in [7, 11) is 0. The first-order valence-electron chi connectivity index (χ1n) is 17.0. The van der Waals surface area contributed by atoms with E-state index in [4.69, 9.17) is 0 Å². The van der Waals surface area contributed by atoms with Crippen molar-refractivity contribution in [1.82, 2.24) is 0 Å². The summed E-state index contributed by atoms with van der Waals surface area (Å²) in [5.74, 6) is 0. The number of hydrogen-bond donors (Lipinski definition) is 0. The molecule has 0 rings (SSSR count). The summed E-state index contributed by atoms with van der Waals surface area (Å²) in [5, 5.41) is 0. The minimum absolute atomic E-state index is 1.13. The van der Waals surface area contributed by atoms with Crippen LogP contribution >= 0.6 is 0 Å². The zero-order valence-electron chi connectivity index (χ0n) is 25.7. The molecule has 0 spiro atoms. The summed E-state index contributed by atoms with van der Waals surface area (Å²) in [6.07, 6.45) is 56.0. The highest BCUT2D eigenvalue weighted by Gasteiger charge is 1.94. The number of unbranched alkanes of at least 4 members (excludes halogenated alkanes) is 22. The summed E-state index contributed by atoms with van der Waals surface area (Å²) >= 11 is 0. The number of allylic oxidation sites excluding steroid dienone is 8. The smallest absolute Gasteiger partial charge is 0.0169 e. The van der Waals surface area contributed by atoms with Crippen molar-refractivity contribution in [3.63, 3.8) is 0 Å². The lowest BCUT2D eigenvalue weighted by atomic mass is 10.0. The van der Waals surface area contributed by atoms with Crippen LogP contribution in [0.1, 0.15) is 187 Å². The molecule has 0 unspecified atom stereocenters. The molecule has 0 saturated carbocycles. The third-order valence-electron chi connectivity index (χ3n) is 7.40. The number of rotatable bonds is 30. The molecule has 0 saturated heterocycles. The fourth-order valence-electron chi connectivity index (χ4n) is 4.86. The van der Waals surface area contributed by atoms with Gasteiger partial charge in [-0.05, 0) is 64.2 Å². The number of hydrogen-bond acceptors (Lipinski definition) is 0. The van der Waals surface area contributed by atoms with Crippen LogP contribution in [0.25, 0.3) is 0 Å². The Bertz CT molecular complexity index is 460. The van der Waals surface area contributed by atoms with E-state index in [1.807, 2.05) is 0 Å². The summed E-state index contributed by atoms with van der Waals surface area (Å²) in [6, 6.07) is 0. The van der Waals surface area contributed by atoms with Gasteiger partial charge in [0.2, 0.25) is 0 Å². The van der Waals surface area contributed by atoms with Gasteiger partial charge in [-0.2, -0.15) is 0 Å². The van der Waals surface area contributed by atoms with Gasteiger partial charge in [-0.15, -0.1) is 0 Å². The molecule has 37 heavy (non-hydrogen) atoms. The Labute approximate surface area is 235 Å². The van der Waals surface area contributed by atoms with Crippen LogP contribution in [-0.2, 0) is 0 Å². The van der Waals surface area contributed by atoms with Crippen LogP contribution in [0.5, 0.6) is 0 Å². The topological polar surface area (TPSA) is 0 Å². The molecule has 0 aliphatic heterocycles. The highest BCUT2D eigenvalue weighted by Crippen LogP contribution is 2.14. The van der Waals surface area contributed by atoms with Crippen molar-refractivity contribution in [2.24, 2.45) is 0 Å². The van der Waals surface area contributed by atoms with E-state index in [0.717, 1.165) is 12.8 Å². The first-order valence-corrected chi connectivity index (χ1v) is 17.0. The second kappa shape index (κ2) is 35.0. The fourth-order valence-corrected chi connectivity index (χ4v) is 4.86. The van der Waals surface area contributed by atoms with Crippen molar-refractivity contribution >= 4 is 0 Å². The van der Waals surface area contributed by atoms with Gasteiger partial charge in [-0.1, -0.05) is 172 Å². The fraction of sp³-hybridized carbons (Fsp3) is 0.784. The summed E-state index contributed by atoms with van der Waals surface area (Å²) in [5.41, 5.74) is 0. The second-order valence-electron chi connectivity index (χ2n) is 11.2.